The van der Waals surface area contributed by atoms with E-state index in [-0.39, 0.29) is 35.6 Å². The molecule has 3 rings (SSSR count). The van der Waals surface area contributed by atoms with Crippen LogP contribution in [-0.2, 0) is 24.7 Å². The van der Waals surface area contributed by atoms with Gasteiger partial charge < -0.3 is 24.8 Å². The van der Waals surface area contributed by atoms with Gasteiger partial charge in [0.25, 0.3) is 0 Å². The number of fused-ring (bicyclic) bond motifs is 1. The summed E-state index contributed by atoms with van der Waals surface area (Å²) in [5.74, 6) is 0. The first-order valence-corrected chi connectivity index (χ1v) is 10.8. The summed E-state index contributed by atoms with van der Waals surface area (Å²) in [7, 11) is 0. The van der Waals surface area contributed by atoms with Gasteiger partial charge in [0.05, 0.1) is 0 Å². The molecule has 0 aliphatic heterocycles. The van der Waals surface area contributed by atoms with E-state index < -0.39 is 0 Å². The van der Waals surface area contributed by atoms with Crippen LogP contribution in [-0.4, -0.2) is 0 Å². The van der Waals surface area contributed by atoms with Crippen LogP contribution in [0.1, 0.15) is 67.4 Å². The van der Waals surface area contributed by atoms with Gasteiger partial charge in [0.1, 0.15) is 0 Å². The average Bonchev–Trinajstić information content (AvgIpc) is 3.09. The molecule has 0 radical (unpaired) electrons. The van der Waals surface area contributed by atoms with E-state index >= 15 is 0 Å². The van der Waals surface area contributed by atoms with E-state index in [1.54, 1.807) is 11.1 Å². The Bertz CT molecular complexity index is 986. The first-order chi connectivity index (χ1) is 11.9. The zero-order chi connectivity index (χ0) is 19.4. The number of halogens is 2. The number of benzene rings is 1. The van der Waals surface area contributed by atoms with Gasteiger partial charge in [-0.25, -0.2) is 0 Å². The fourth-order valence-corrected chi connectivity index (χ4v) is 5.33. The summed E-state index contributed by atoms with van der Waals surface area (Å²) in [6.45, 7) is 18.6. The number of hydrogen-bond donors (Lipinski definition) is 0. The first-order valence-electron chi connectivity index (χ1n) is 9.61. The minimum atomic E-state index is 0. The maximum atomic E-state index is 2.39. The van der Waals surface area contributed by atoms with Crippen molar-refractivity contribution in [2.45, 2.75) is 61.8 Å². The maximum absolute atomic E-state index is 2.39. The summed E-state index contributed by atoms with van der Waals surface area (Å²) < 4.78 is 1.54. The molecule has 0 atom stereocenters. The largest absolute Gasteiger partial charge is 1.00 e. The van der Waals surface area contributed by atoms with Crippen molar-refractivity contribution in [2.75, 3.05) is 0 Å². The molecule has 2 aliphatic carbocycles. The number of hydrogen-bond acceptors (Lipinski definition) is 0. The summed E-state index contributed by atoms with van der Waals surface area (Å²) >= 11 is 1.52. The molecule has 0 unspecified atom stereocenters. The molecule has 3 heteroatoms. The molecule has 0 heterocycles. The second-order valence-corrected chi connectivity index (χ2v) is 11.1. The van der Waals surface area contributed by atoms with E-state index in [1.807, 2.05) is 0 Å². The Kier molecular flexibility index (Phi) is 8.06. The van der Waals surface area contributed by atoms with Crippen molar-refractivity contribution in [3.63, 3.8) is 0 Å². The van der Waals surface area contributed by atoms with Crippen LogP contribution in [0, 0.1) is 10.8 Å². The van der Waals surface area contributed by atoms with E-state index in [4.69, 9.17) is 0 Å². The van der Waals surface area contributed by atoms with Crippen LogP contribution in [0.25, 0.3) is 14.4 Å². The van der Waals surface area contributed by atoms with Crippen LogP contribution in [0.2, 0.25) is 0 Å². The molecule has 0 aromatic heterocycles. The molecule has 0 N–H and O–H groups in total. The summed E-state index contributed by atoms with van der Waals surface area (Å²) in [5.41, 5.74) is 9.38. The third kappa shape index (κ3) is 4.53. The van der Waals surface area contributed by atoms with Crippen molar-refractivity contribution in [1.82, 2.24) is 0 Å². The molecule has 1 aromatic carbocycles. The molecular weight excluding hydrogens is 462 g/mol. The Morgan fingerprint density at radius 3 is 1.96 bits per heavy atom. The second kappa shape index (κ2) is 8.79. The Hall–Kier alpha value is -0.357. The van der Waals surface area contributed by atoms with Crippen molar-refractivity contribution in [3.05, 3.63) is 63.1 Å². The molecule has 28 heavy (non-hydrogen) atoms. The predicted octanol–water partition coefficient (Wildman–Crippen LogP) is -0.344. The van der Waals surface area contributed by atoms with Gasteiger partial charge in [-0.2, -0.15) is 0 Å². The zero-order valence-corrected chi connectivity index (χ0v) is 22.3. The minimum Gasteiger partial charge on any atom is -1.00 e. The van der Waals surface area contributed by atoms with E-state index in [2.05, 4.69) is 85.7 Å². The van der Waals surface area contributed by atoms with E-state index in [0.29, 0.717) is 0 Å². The first kappa shape index (κ1) is 25.7. The molecule has 1 aromatic rings. The van der Waals surface area contributed by atoms with Gasteiger partial charge in [-0.05, 0) is 0 Å². The Labute approximate surface area is 198 Å². The van der Waals surface area contributed by atoms with E-state index in [1.165, 1.54) is 60.7 Å². The van der Waals surface area contributed by atoms with Gasteiger partial charge in [0.15, 0.2) is 0 Å². The SMILES string of the molecule is CC(C)=c1cccc2c1=C(C(C)(C)C)C(C1=CC=C(C(C)(C)C)C1)=[C]2[Zr+2].[Cl-].[Cl-]. The van der Waals surface area contributed by atoms with E-state index in [9.17, 15) is 0 Å². The molecule has 0 saturated heterocycles. The predicted molar refractivity (Wildman–Crippen MR) is 110 cm³/mol. The monoisotopic (exact) mass is 491 g/mol. The van der Waals surface area contributed by atoms with Gasteiger partial charge in [0, 0.05) is 0 Å². The van der Waals surface area contributed by atoms with Gasteiger partial charge in [0.2, 0.25) is 0 Å². The maximum Gasteiger partial charge on any atom is -1.00 e. The minimum absolute atomic E-state index is 0. The van der Waals surface area contributed by atoms with Crippen LogP contribution in [0.3, 0.4) is 0 Å². The zero-order valence-electron chi connectivity index (χ0n) is 18.3. The van der Waals surface area contributed by atoms with Crippen molar-refractivity contribution in [2.24, 2.45) is 10.8 Å². The van der Waals surface area contributed by atoms with Crippen LogP contribution in [0.5, 0.6) is 0 Å². The number of allylic oxidation sites excluding steroid dienone is 5. The van der Waals surface area contributed by atoms with Gasteiger partial charge >= 0.3 is 175 Å². The molecule has 0 fully saturated rings. The fraction of sp³-hybridized carbons (Fsp3) is 0.440. The molecule has 0 spiro atoms. The summed E-state index contributed by atoms with van der Waals surface area (Å²) in [5, 5.41) is 2.91. The third-order valence-electron chi connectivity index (χ3n) is 5.52. The van der Waals surface area contributed by atoms with Crippen LogP contribution < -0.4 is 35.3 Å². The van der Waals surface area contributed by atoms with E-state index in [0.717, 1.165) is 6.42 Å². The van der Waals surface area contributed by atoms with Crippen molar-refractivity contribution in [1.29, 1.82) is 0 Å². The standard InChI is InChI=1S/C25H31.2ClH.Zr/c1-16(2)20-11-9-10-18-15-21(23(22(18)20)25(6,7)8)17-12-13-19(14-17)24(3,4)5;;;/h9-13H,14H2,1-8H3;2*1H;/q;;;+2/p-2. The van der Waals surface area contributed by atoms with Crippen molar-refractivity contribution < 1.29 is 49.5 Å². The summed E-state index contributed by atoms with van der Waals surface area (Å²) in [4.78, 5) is 0. The van der Waals surface area contributed by atoms with Gasteiger partial charge in [-0.1, -0.05) is 0 Å². The normalized spacial score (nSPS) is 16.3. The van der Waals surface area contributed by atoms with Crippen LogP contribution in [0.15, 0.2) is 47.1 Å². The molecule has 0 amide bonds. The average molecular weight is 494 g/mol. The fourth-order valence-electron chi connectivity index (χ4n) is 4.11. The molecule has 0 saturated carbocycles. The Morgan fingerprint density at radius 2 is 1.50 bits per heavy atom. The third-order valence-corrected chi connectivity index (χ3v) is 6.80. The van der Waals surface area contributed by atoms with Crippen LogP contribution in [0.4, 0.5) is 0 Å². The molecule has 149 valence electrons. The molecule has 0 nitrogen and oxygen atoms in total. The topological polar surface area (TPSA) is 0 Å². The van der Waals surface area contributed by atoms with Crippen LogP contribution >= 0.6 is 0 Å². The number of rotatable bonds is 1. The summed E-state index contributed by atoms with van der Waals surface area (Å²) in [6, 6.07) is 6.86. The van der Waals surface area contributed by atoms with Gasteiger partial charge in [-0.3, -0.25) is 0 Å². The second-order valence-electron chi connectivity index (χ2n) is 9.91. The Balaban J connectivity index is 0.00000196. The molecule has 2 aliphatic rings. The van der Waals surface area contributed by atoms with Crippen molar-refractivity contribution >= 4 is 14.4 Å². The molecule has 0 bridgehead atoms. The van der Waals surface area contributed by atoms with Gasteiger partial charge in [-0.15, -0.1) is 0 Å². The Morgan fingerprint density at radius 1 is 0.893 bits per heavy atom. The smallest absolute Gasteiger partial charge is 1.00 e. The summed E-state index contributed by atoms with van der Waals surface area (Å²) in [6.07, 6.45) is 5.85. The molecular formula is C25H31Cl2Zr. The van der Waals surface area contributed by atoms with Crippen molar-refractivity contribution in [3.8, 4) is 0 Å². The quantitative estimate of drug-likeness (QED) is 0.502.